The highest BCUT2D eigenvalue weighted by atomic mass is 16.7. The van der Waals surface area contributed by atoms with Crippen molar-refractivity contribution in [1.82, 2.24) is 0 Å². The average Bonchev–Trinajstić information content (AvgIpc) is 2.29. The highest BCUT2D eigenvalue weighted by molar-refractivity contribution is 4.75. The van der Waals surface area contributed by atoms with Crippen LogP contribution in [-0.2, 0) is 9.47 Å². The standard InChI is InChI=1S/C11H22O2.C3H8/c1-5-10-6-9(8(2)3)7-11(12-4)13-10;1-3-2/h8-11H,5-7H2,1-4H3;3H2,1-2H3. The minimum Gasteiger partial charge on any atom is -0.356 e. The first-order chi connectivity index (χ1) is 7.58. The molecule has 3 unspecified atom stereocenters. The quantitative estimate of drug-likeness (QED) is 0.722. The lowest BCUT2D eigenvalue weighted by Gasteiger charge is -2.36. The van der Waals surface area contributed by atoms with Crippen molar-refractivity contribution in [2.45, 2.75) is 72.7 Å². The smallest absolute Gasteiger partial charge is 0.157 e. The molecule has 0 radical (unpaired) electrons. The van der Waals surface area contributed by atoms with Crippen LogP contribution >= 0.6 is 0 Å². The topological polar surface area (TPSA) is 18.5 Å². The molecule has 2 nitrogen and oxygen atoms in total. The second-order valence-electron chi connectivity index (χ2n) is 5.01. The number of ether oxygens (including phenoxy) is 2. The van der Waals surface area contributed by atoms with Crippen LogP contribution in [0.3, 0.4) is 0 Å². The third-order valence-electron chi connectivity index (χ3n) is 3.07. The van der Waals surface area contributed by atoms with Crippen molar-refractivity contribution < 1.29 is 9.47 Å². The largest absolute Gasteiger partial charge is 0.356 e. The zero-order valence-electron chi connectivity index (χ0n) is 12.0. The van der Waals surface area contributed by atoms with Crippen molar-refractivity contribution in [2.24, 2.45) is 11.8 Å². The molecule has 1 rings (SSSR count). The maximum Gasteiger partial charge on any atom is 0.157 e. The van der Waals surface area contributed by atoms with Gasteiger partial charge in [0.25, 0.3) is 0 Å². The number of hydrogen-bond acceptors (Lipinski definition) is 2. The van der Waals surface area contributed by atoms with Crippen LogP contribution in [0.4, 0.5) is 0 Å². The van der Waals surface area contributed by atoms with E-state index in [1.165, 1.54) is 12.8 Å². The molecule has 0 bridgehead atoms. The Morgan fingerprint density at radius 1 is 1.19 bits per heavy atom. The SMILES string of the molecule is CCC.CCC1CC(C(C)C)CC(OC)O1. The van der Waals surface area contributed by atoms with E-state index >= 15 is 0 Å². The van der Waals surface area contributed by atoms with E-state index in [0.717, 1.165) is 24.7 Å². The predicted molar refractivity (Wildman–Crippen MR) is 69.5 cm³/mol. The van der Waals surface area contributed by atoms with Gasteiger partial charge in [0.15, 0.2) is 6.29 Å². The molecule has 98 valence electrons. The van der Waals surface area contributed by atoms with Crippen LogP contribution in [0, 0.1) is 11.8 Å². The molecule has 1 aliphatic rings. The summed E-state index contributed by atoms with van der Waals surface area (Å²) in [5.41, 5.74) is 0. The van der Waals surface area contributed by atoms with Crippen LogP contribution < -0.4 is 0 Å². The summed E-state index contributed by atoms with van der Waals surface area (Å²) in [6.07, 6.45) is 5.05. The van der Waals surface area contributed by atoms with Crippen molar-refractivity contribution in [3.8, 4) is 0 Å². The van der Waals surface area contributed by atoms with Gasteiger partial charge in [0, 0.05) is 13.5 Å². The van der Waals surface area contributed by atoms with Crippen LogP contribution in [0.25, 0.3) is 0 Å². The Morgan fingerprint density at radius 2 is 1.75 bits per heavy atom. The van der Waals surface area contributed by atoms with Gasteiger partial charge in [-0.25, -0.2) is 0 Å². The second kappa shape index (κ2) is 9.00. The van der Waals surface area contributed by atoms with Gasteiger partial charge in [-0.2, -0.15) is 0 Å². The fourth-order valence-electron chi connectivity index (χ4n) is 1.97. The van der Waals surface area contributed by atoms with E-state index in [2.05, 4.69) is 34.6 Å². The van der Waals surface area contributed by atoms with E-state index in [-0.39, 0.29) is 6.29 Å². The van der Waals surface area contributed by atoms with Crippen molar-refractivity contribution in [3.63, 3.8) is 0 Å². The van der Waals surface area contributed by atoms with Gasteiger partial charge in [0.05, 0.1) is 6.10 Å². The second-order valence-corrected chi connectivity index (χ2v) is 5.01. The Labute approximate surface area is 102 Å². The van der Waals surface area contributed by atoms with Crippen molar-refractivity contribution in [1.29, 1.82) is 0 Å². The highest BCUT2D eigenvalue weighted by Gasteiger charge is 2.29. The zero-order chi connectivity index (χ0) is 12.6. The van der Waals surface area contributed by atoms with Gasteiger partial charge < -0.3 is 9.47 Å². The number of rotatable bonds is 3. The summed E-state index contributed by atoms with van der Waals surface area (Å²) in [5, 5.41) is 0. The summed E-state index contributed by atoms with van der Waals surface area (Å²) >= 11 is 0. The summed E-state index contributed by atoms with van der Waals surface area (Å²) in [4.78, 5) is 0. The normalized spacial score (nSPS) is 29.8. The van der Waals surface area contributed by atoms with E-state index in [1.807, 2.05) is 0 Å². The first kappa shape index (κ1) is 15.9. The van der Waals surface area contributed by atoms with E-state index < -0.39 is 0 Å². The van der Waals surface area contributed by atoms with Crippen molar-refractivity contribution >= 4 is 0 Å². The van der Waals surface area contributed by atoms with E-state index in [0.29, 0.717) is 6.10 Å². The molecule has 16 heavy (non-hydrogen) atoms. The summed E-state index contributed by atoms with van der Waals surface area (Å²) < 4.78 is 11.0. The fraction of sp³-hybridized carbons (Fsp3) is 1.00. The molecule has 1 fully saturated rings. The third-order valence-corrected chi connectivity index (χ3v) is 3.07. The fourth-order valence-corrected chi connectivity index (χ4v) is 1.97. The number of methoxy groups -OCH3 is 1. The molecule has 1 saturated heterocycles. The molecule has 0 saturated carbocycles. The van der Waals surface area contributed by atoms with Gasteiger partial charge in [-0.3, -0.25) is 0 Å². The Morgan fingerprint density at radius 3 is 2.12 bits per heavy atom. The predicted octanol–water partition coefficient (Wildman–Crippen LogP) is 4.24. The molecule has 2 heteroatoms. The maximum absolute atomic E-state index is 5.74. The van der Waals surface area contributed by atoms with Crippen molar-refractivity contribution in [2.75, 3.05) is 7.11 Å². The first-order valence-corrected chi connectivity index (χ1v) is 6.77. The average molecular weight is 230 g/mol. The molecule has 0 aromatic rings. The zero-order valence-corrected chi connectivity index (χ0v) is 12.0. The molecule has 0 N–H and O–H groups in total. The van der Waals surface area contributed by atoms with Crippen LogP contribution in [0.1, 0.15) is 60.3 Å². The Hall–Kier alpha value is -0.0800. The van der Waals surface area contributed by atoms with Gasteiger partial charge in [0.2, 0.25) is 0 Å². The van der Waals surface area contributed by atoms with E-state index in [1.54, 1.807) is 7.11 Å². The van der Waals surface area contributed by atoms with Crippen LogP contribution in [0.5, 0.6) is 0 Å². The maximum atomic E-state index is 5.74. The third kappa shape index (κ3) is 5.86. The van der Waals surface area contributed by atoms with Crippen LogP contribution in [0.2, 0.25) is 0 Å². The van der Waals surface area contributed by atoms with Gasteiger partial charge in [-0.1, -0.05) is 41.0 Å². The van der Waals surface area contributed by atoms with Crippen LogP contribution in [0.15, 0.2) is 0 Å². The molecule has 3 atom stereocenters. The summed E-state index contributed by atoms with van der Waals surface area (Å²) in [5.74, 6) is 1.51. The highest BCUT2D eigenvalue weighted by Crippen LogP contribution is 2.31. The van der Waals surface area contributed by atoms with Gasteiger partial charge in [-0.05, 0) is 24.7 Å². The Balaban J connectivity index is 0.000000673. The molecule has 0 aromatic heterocycles. The molecule has 0 amide bonds. The Bertz CT molecular complexity index is 145. The molecule has 1 aliphatic heterocycles. The van der Waals surface area contributed by atoms with Gasteiger partial charge in [-0.15, -0.1) is 0 Å². The van der Waals surface area contributed by atoms with Crippen LogP contribution in [-0.4, -0.2) is 19.5 Å². The summed E-state index contributed by atoms with van der Waals surface area (Å²) in [7, 11) is 1.74. The van der Waals surface area contributed by atoms with Crippen molar-refractivity contribution in [3.05, 3.63) is 0 Å². The van der Waals surface area contributed by atoms with E-state index in [9.17, 15) is 0 Å². The lowest BCUT2D eigenvalue weighted by Crippen LogP contribution is -2.35. The molecule has 0 aliphatic carbocycles. The first-order valence-electron chi connectivity index (χ1n) is 6.77. The van der Waals surface area contributed by atoms with Gasteiger partial charge in [0.1, 0.15) is 0 Å². The molecule has 0 aromatic carbocycles. The lowest BCUT2D eigenvalue weighted by atomic mass is 9.85. The monoisotopic (exact) mass is 230 g/mol. The molecular weight excluding hydrogens is 200 g/mol. The molecular formula is C14H30O2. The van der Waals surface area contributed by atoms with Gasteiger partial charge >= 0.3 is 0 Å². The van der Waals surface area contributed by atoms with E-state index in [4.69, 9.17) is 9.47 Å². The minimum absolute atomic E-state index is 0.0334. The minimum atomic E-state index is 0.0334. The summed E-state index contributed by atoms with van der Waals surface area (Å²) in [6.45, 7) is 11.0. The lowest BCUT2D eigenvalue weighted by molar-refractivity contribution is -0.197. The molecule has 1 heterocycles. The number of hydrogen-bond donors (Lipinski definition) is 0. The Kier molecular flexibility index (Phi) is 8.96. The molecule has 0 spiro atoms. The summed E-state index contributed by atoms with van der Waals surface area (Å²) in [6, 6.07) is 0.